The van der Waals surface area contributed by atoms with Crippen LogP contribution in [0.3, 0.4) is 0 Å². The summed E-state index contributed by atoms with van der Waals surface area (Å²) in [5, 5.41) is 4.28. The van der Waals surface area contributed by atoms with Gasteiger partial charge in [0.15, 0.2) is 0 Å². The average molecular weight is 369 g/mol. The summed E-state index contributed by atoms with van der Waals surface area (Å²) in [5.74, 6) is 0.0822. The first-order chi connectivity index (χ1) is 11.0. The van der Waals surface area contributed by atoms with Gasteiger partial charge in [0.25, 0.3) is 10.0 Å². The number of hydrogen-bond donors (Lipinski definition) is 1. The average Bonchev–Trinajstić information content (AvgIpc) is 3.17. The quantitative estimate of drug-likeness (QED) is 0.723. The Hall–Kier alpha value is -1.83. The fourth-order valence-corrected chi connectivity index (χ4v) is 4.44. The van der Waals surface area contributed by atoms with Crippen LogP contribution in [0.25, 0.3) is 11.1 Å². The highest BCUT2D eigenvalue weighted by Gasteiger charge is 2.21. The van der Waals surface area contributed by atoms with Crippen molar-refractivity contribution in [3.63, 3.8) is 0 Å². The van der Waals surface area contributed by atoms with Crippen molar-refractivity contribution in [2.45, 2.75) is 17.6 Å². The standard InChI is InChI=1S/C15H13ClN2O3S2/c1-2-12-7-8-14(22-12)23(19,20)18-15-13(9-17-21-15)10-3-5-11(16)6-4-10/h3-9,18H,2H2,1H3. The second-order valence-electron chi connectivity index (χ2n) is 4.76. The van der Waals surface area contributed by atoms with Crippen LogP contribution in [0.4, 0.5) is 5.88 Å². The molecule has 1 aromatic carbocycles. The molecule has 3 aromatic rings. The van der Waals surface area contributed by atoms with E-state index in [1.165, 1.54) is 17.5 Å². The fourth-order valence-electron chi connectivity index (χ4n) is 2.01. The Bertz CT molecular complexity index is 914. The first kappa shape index (κ1) is 16.0. The highest BCUT2D eigenvalue weighted by atomic mass is 35.5. The van der Waals surface area contributed by atoms with Gasteiger partial charge in [-0.15, -0.1) is 11.3 Å². The van der Waals surface area contributed by atoms with Crippen molar-refractivity contribution in [2.24, 2.45) is 0 Å². The maximum Gasteiger partial charge on any atom is 0.273 e. The van der Waals surface area contributed by atoms with Crippen LogP contribution in [0, 0.1) is 0 Å². The summed E-state index contributed by atoms with van der Waals surface area (Å²) in [4.78, 5) is 1.00. The maximum absolute atomic E-state index is 12.5. The molecule has 0 unspecified atom stereocenters. The van der Waals surface area contributed by atoms with Crippen molar-refractivity contribution >= 4 is 38.8 Å². The maximum atomic E-state index is 12.5. The first-order valence-corrected chi connectivity index (χ1v) is 9.49. The molecule has 0 radical (unpaired) electrons. The lowest BCUT2D eigenvalue weighted by Gasteiger charge is -2.05. The molecule has 0 atom stereocenters. The third-order valence-electron chi connectivity index (χ3n) is 3.20. The molecule has 0 spiro atoms. The van der Waals surface area contributed by atoms with E-state index < -0.39 is 10.0 Å². The van der Waals surface area contributed by atoms with E-state index in [0.717, 1.165) is 16.9 Å². The van der Waals surface area contributed by atoms with E-state index in [0.29, 0.717) is 10.6 Å². The Morgan fingerprint density at radius 3 is 2.61 bits per heavy atom. The second kappa shape index (κ2) is 6.35. The van der Waals surface area contributed by atoms with E-state index in [1.54, 1.807) is 36.4 Å². The monoisotopic (exact) mass is 368 g/mol. The molecular weight excluding hydrogens is 356 g/mol. The number of aryl methyl sites for hydroxylation is 1. The minimum atomic E-state index is -3.70. The van der Waals surface area contributed by atoms with E-state index in [1.807, 2.05) is 6.92 Å². The molecule has 0 saturated heterocycles. The molecule has 0 aliphatic rings. The van der Waals surface area contributed by atoms with E-state index in [4.69, 9.17) is 16.1 Å². The smallest absolute Gasteiger partial charge is 0.273 e. The predicted octanol–water partition coefficient (Wildman–Crippen LogP) is 4.42. The highest BCUT2D eigenvalue weighted by Crippen LogP contribution is 2.31. The molecule has 8 heteroatoms. The molecule has 1 N–H and O–H groups in total. The molecule has 3 rings (SSSR count). The normalized spacial score (nSPS) is 11.6. The number of hydrogen-bond acceptors (Lipinski definition) is 5. The number of sulfonamides is 1. The zero-order valence-electron chi connectivity index (χ0n) is 12.1. The number of benzene rings is 1. The molecule has 2 heterocycles. The molecule has 23 heavy (non-hydrogen) atoms. The Labute approximate surface area is 142 Å². The van der Waals surface area contributed by atoms with Gasteiger partial charge >= 0.3 is 0 Å². The topological polar surface area (TPSA) is 72.2 Å². The van der Waals surface area contributed by atoms with Crippen LogP contribution < -0.4 is 4.72 Å². The Kier molecular flexibility index (Phi) is 4.43. The number of rotatable bonds is 5. The molecular formula is C15H13ClN2O3S2. The molecule has 2 aromatic heterocycles. The summed E-state index contributed by atoms with van der Waals surface area (Å²) in [6.45, 7) is 1.98. The molecule has 0 fully saturated rings. The van der Waals surface area contributed by atoms with Gasteiger partial charge in [-0.25, -0.2) is 13.1 Å². The van der Waals surface area contributed by atoms with Gasteiger partial charge in [0, 0.05) is 9.90 Å². The van der Waals surface area contributed by atoms with Crippen molar-refractivity contribution in [1.82, 2.24) is 5.16 Å². The number of thiophene rings is 1. The summed E-state index contributed by atoms with van der Waals surface area (Å²) >= 11 is 7.10. The number of nitrogens with zero attached hydrogens (tertiary/aromatic N) is 1. The summed E-state index contributed by atoms with van der Waals surface area (Å²) in [7, 11) is -3.70. The summed E-state index contributed by atoms with van der Waals surface area (Å²) in [6.07, 6.45) is 2.26. The molecule has 0 bridgehead atoms. The molecule has 5 nitrogen and oxygen atoms in total. The number of aromatic nitrogens is 1. The van der Waals surface area contributed by atoms with Gasteiger partial charge in [0.2, 0.25) is 5.88 Å². The first-order valence-electron chi connectivity index (χ1n) is 6.82. The summed E-state index contributed by atoms with van der Waals surface area (Å²) < 4.78 is 32.7. The van der Waals surface area contributed by atoms with Gasteiger partial charge in [-0.1, -0.05) is 35.8 Å². The van der Waals surface area contributed by atoms with Crippen LogP contribution in [0.1, 0.15) is 11.8 Å². The third kappa shape index (κ3) is 3.41. The summed E-state index contributed by atoms with van der Waals surface area (Å²) in [6, 6.07) is 10.4. The minimum Gasteiger partial charge on any atom is -0.337 e. The Balaban J connectivity index is 1.92. The third-order valence-corrected chi connectivity index (χ3v) is 6.51. The Morgan fingerprint density at radius 2 is 1.96 bits per heavy atom. The lowest BCUT2D eigenvalue weighted by molar-refractivity contribution is 0.436. The van der Waals surface area contributed by atoms with Gasteiger partial charge < -0.3 is 4.52 Å². The minimum absolute atomic E-state index is 0.0822. The number of anilines is 1. The van der Waals surface area contributed by atoms with Crippen LogP contribution in [0.2, 0.25) is 5.02 Å². The van der Waals surface area contributed by atoms with Crippen molar-refractivity contribution in [2.75, 3.05) is 4.72 Å². The summed E-state index contributed by atoms with van der Waals surface area (Å²) in [5.41, 5.74) is 1.31. The van der Waals surface area contributed by atoms with Crippen molar-refractivity contribution in [3.8, 4) is 11.1 Å². The SMILES string of the molecule is CCc1ccc(S(=O)(=O)Nc2oncc2-c2ccc(Cl)cc2)s1. The van der Waals surface area contributed by atoms with E-state index in [-0.39, 0.29) is 10.1 Å². The zero-order valence-corrected chi connectivity index (χ0v) is 14.5. The van der Waals surface area contributed by atoms with Crippen LogP contribution >= 0.6 is 22.9 Å². The lowest BCUT2D eigenvalue weighted by atomic mass is 10.1. The molecule has 0 aliphatic carbocycles. The van der Waals surface area contributed by atoms with Crippen LogP contribution in [-0.2, 0) is 16.4 Å². The van der Waals surface area contributed by atoms with Crippen LogP contribution in [-0.4, -0.2) is 13.6 Å². The van der Waals surface area contributed by atoms with Gasteiger partial charge in [0.05, 0.1) is 11.8 Å². The molecule has 120 valence electrons. The van der Waals surface area contributed by atoms with Gasteiger partial charge in [-0.2, -0.15) is 0 Å². The van der Waals surface area contributed by atoms with E-state index in [2.05, 4.69) is 9.88 Å². The van der Waals surface area contributed by atoms with Crippen molar-refractivity contribution in [1.29, 1.82) is 0 Å². The molecule has 0 saturated carbocycles. The van der Waals surface area contributed by atoms with Gasteiger partial charge in [0.1, 0.15) is 4.21 Å². The second-order valence-corrected chi connectivity index (χ2v) is 8.27. The largest absolute Gasteiger partial charge is 0.337 e. The fraction of sp³-hybridized carbons (Fsp3) is 0.133. The van der Waals surface area contributed by atoms with E-state index in [9.17, 15) is 8.42 Å². The Morgan fingerprint density at radius 1 is 1.22 bits per heavy atom. The van der Waals surface area contributed by atoms with Gasteiger partial charge in [-0.3, -0.25) is 0 Å². The van der Waals surface area contributed by atoms with Crippen LogP contribution in [0.5, 0.6) is 0 Å². The molecule has 0 aliphatic heterocycles. The van der Waals surface area contributed by atoms with Crippen molar-refractivity contribution < 1.29 is 12.9 Å². The van der Waals surface area contributed by atoms with Gasteiger partial charge in [-0.05, 0) is 36.2 Å². The highest BCUT2D eigenvalue weighted by molar-refractivity contribution is 7.94. The number of nitrogens with one attached hydrogen (secondary N) is 1. The number of halogens is 1. The van der Waals surface area contributed by atoms with Crippen molar-refractivity contribution in [3.05, 3.63) is 52.5 Å². The zero-order chi connectivity index (χ0) is 16.4. The van der Waals surface area contributed by atoms with E-state index >= 15 is 0 Å². The lowest BCUT2D eigenvalue weighted by Crippen LogP contribution is -2.11. The predicted molar refractivity (Wildman–Crippen MR) is 91.5 cm³/mol. The van der Waals surface area contributed by atoms with Crippen LogP contribution in [0.15, 0.2) is 51.3 Å². The molecule has 0 amide bonds.